The van der Waals surface area contributed by atoms with Crippen LogP contribution in [0.15, 0.2) is 30.3 Å². The first kappa shape index (κ1) is 14.4. The minimum atomic E-state index is 0.353. The van der Waals surface area contributed by atoms with Crippen LogP contribution in [0, 0.1) is 12.8 Å². The quantitative estimate of drug-likeness (QED) is 0.811. The maximum Gasteiger partial charge on any atom is 0.225 e. The van der Waals surface area contributed by atoms with E-state index in [2.05, 4.69) is 48.2 Å². The van der Waals surface area contributed by atoms with Gasteiger partial charge in [0.15, 0.2) is 0 Å². The molecule has 0 radical (unpaired) electrons. The van der Waals surface area contributed by atoms with Crippen molar-refractivity contribution in [1.29, 1.82) is 0 Å². The first-order valence-electron chi connectivity index (χ1n) is 8.28. The normalized spacial score (nSPS) is 22.7. The van der Waals surface area contributed by atoms with Crippen molar-refractivity contribution < 1.29 is 4.79 Å². The van der Waals surface area contributed by atoms with Gasteiger partial charge in [0.25, 0.3) is 0 Å². The third-order valence-electron chi connectivity index (χ3n) is 4.63. The molecule has 1 aliphatic carbocycles. The number of piperidine rings is 1. The second kappa shape index (κ2) is 6.46. The SMILES string of the molecule is Cc1ccc(C=CCC2CCCCN2C(=O)C2CC2)cc1. The molecule has 1 unspecified atom stereocenters. The highest BCUT2D eigenvalue weighted by Crippen LogP contribution is 2.33. The molecule has 21 heavy (non-hydrogen) atoms. The van der Waals surface area contributed by atoms with Crippen LogP contribution in [0.5, 0.6) is 0 Å². The molecule has 2 fully saturated rings. The molecule has 1 saturated carbocycles. The third kappa shape index (κ3) is 3.75. The van der Waals surface area contributed by atoms with Crippen molar-refractivity contribution in [3.8, 4) is 0 Å². The molecule has 0 bridgehead atoms. The van der Waals surface area contributed by atoms with E-state index in [0.29, 0.717) is 17.9 Å². The molecule has 1 aromatic rings. The standard InChI is InChI=1S/C19H25NO/c1-15-8-10-16(11-9-15)5-4-7-18-6-2-3-14-20(18)19(21)17-12-13-17/h4-5,8-11,17-18H,2-3,6-7,12-14H2,1H3. The maximum absolute atomic E-state index is 12.3. The second-order valence-electron chi connectivity index (χ2n) is 6.50. The van der Waals surface area contributed by atoms with E-state index in [1.54, 1.807) is 0 Å². The Balaban J connectivity index is 1.59. The minimum absolute atomic E-state index is 0.353. The zero-order valence-corrected chi connectivity index (χ0v) is 12.9. The Morgan fingerprint density at radius 3 is 2.67 bits per heavy atom. The van der Waals surface area contributed by atoms with Gasteiger partial charge < -0.3 is 4.90 Å². The van der Waals surface area contributed by atoms with Crippen molar-refractivity contribution in [3.63, 3.8) is 0 Å². The molecule has 2 nitrogen and oxygen atoms in total. The predicted octanol–water partition coefficient (Wildman–Crippen LogP) is 4.19. The van der Waals surface area contributed by atoms with Crippen molar-refractivity contribution >= 4 is 12.0 Å². The number of nitrogens with zero attached hydrogens (tertiary/aromatic N) is 1. The van der Waals surface area contributed by atoms with E-state index >= 15 is 0 Å². The fourth-order valence-electron chi connectivity index (χ4n) is 3.14. The fourth-order valence-corrected chi connectivity index (χ4v) is 3.14. The fraction of sp³-hybridized carbons (Fsp3) is 0.526. The van der Waals surface area contributed by atoms with Gasteiger partial charge in [0.05, 0.1) is 0 Å². The first-order valence-corrected chi connectivity index (χ1v) is 8.28. The van der Waals surface area contributed by atoms with Crippen LogP contribution in [0.25, 0.3) is 6.08 Å². The van der Waals surface area contributed by atoms with Gasteiger partial charge in [-0.1, -0.05) is 42.0 Å². The molecule has 2 heteroatoms. The molecule has 1 amide bonds. The van der Waals surface area contributed by atoms with Crippen LogP contribution in [0.1, 0.15) is 49.7 Å². The van der Waals surface area contributed by atoms with Crippen LogP contribution in [-0.2, 0) is 4.79 Å². The summed E-state index contributed by atoms with van der Waals surface area (Å²) in [5.74, 6) is 0.773. The van der Waals surface area contributed by atoms with Crippen molar-refractivity contribution in [1.82, 2.24) is 4.90 Å². The summed E-state index contributed by atoms with van der Waals surface area (Å²) in [6, 6.07) is 9.01. The average molecular weight is 283 g/mol. The van der Waals surface area contributed by atoms with Gasteiger partial charge in [-0.15, -0.1) is 0 Å². The highest BCUT2D eigenvalue weighted by atomic mass is 16.2. The minimum Gasteiger partial charge on any atom is -0.339 e. The van der Waals surface area contributed by atoms with E-state index in [0.717, 1.165) is 32.2 Å². The number of amides is 1. The Labute approximate surface area is 127 Å². The summed E-state index contributed by atoms with van der Waals surface area (Å²) in [6.45, 7) is 3.08. The van der Waals surface area contributed by atoms with Crippen LogP contribution < -0.4 is 0 Å². The predicted molar refractivity (Wildman–Crippen MR) is 86.9 cm³/mol. The molecule has 1 aromatic carbocycles. The van der Waals surface area contributed by atoms with Crippen molar-refractivity contribution in [2.45, 2.75) is 51.5 Å². The lowest BCUT2D eigenvalue weighted by atomic mass is 9.98. The van der Waals surface area contributed by atoms with E-state index in [1.165, 1.54) is 24.0 Å². The lowest BCUT2D eigenvalue weighted by Crippen LogP contribution is -2.44. The topological polar surface area (TPSA) is 20.3 Å². The molecule has 2 aliphatic rings. The van der Waals surface area contributed by atoms with Crippen LogP contribution in [-0.4, -0.2) is 23.4 Å². The molecule has 112 valence electrons. The van der Waals surface area contributed by atoms with Crippen molar-refractivity contribution in [2.75, 3.05) is 6.54 Å². The monoisotopic (exact) mass is 283 g/mol. The summed E-state index contributed by atoms with van der Waals surface area (Å²) in [5.41, 5.74) is 2.54. The number of rotatable bonds is 4. The highest BCUT2D eigenvalue weighted by Gasteiger charge is 2.36. The number of hydrogen-bond acceptors (Lipinski definition) is 1. The Morgan fingerprint density at radius 2 is 1.95 bits per heavy atom. The molecule has 0 spiro atoms. The van der Waals surface area contributed by atoms with Gasteiger partial charge in [-0.25, -0.2) is 0 Å². The van der Waals surface area contributed by atoms with Gasteiger partial charge in [0.2, 0.25) is 5.91 Å². The zero-order valence-electron chi connectivity index (χ0n) is 12.9. The van der Waals surface area contributed by atoms with Gasteiger partial charge in [0.1, 0.15) is 0 Å². The summed E-state index contributed by atoms with van der Waals surface area (Å²) < 4.78 is 0. The number of likely N-dealkylation sites (tertiary alicyclic amines) is 1. The number of carbonyl (C=O) groups excluding carboxylic acids is 1. The number of carbonyl (C=O) groups is 1. The highest BCUT2D eigenvalue weighted by molar-refractivity contribution is 5.81. The smallest absolute Gasteiger partial charge is 0.225 e. The Hall–Kier alpha value is -1.57. The van der Waals surface area contributed by atoms with E-state index in [-0.39, 0.29) is 0 Å². The van der Waals surface area contributed by atoms with Gasteiger partial charge in [-0.05, 0) is 51.0 Å². The van der Waals surface area contributed by atoms with Gasteiger partial charge >= 0.3 is 0 Å². The molecule has 1 saturated heterocycles. The number of benzene rings is 1. The van der Waals surface area contributed by atoms with E-state index in [1.807, 2.05) is 0 Å². The number of hydrogen-bond donors (Lipinski definition) is 0. The molecular weight excluding hydrogens is 258 g/mol. The van der Waals surface area contributed by atoms with Gasteiger partial charge in [-0.2, -0.15) is 0 Å². The third-order valence-corrected chi connectivity index (χ3v) is 4.63. The number of aryl methyl sites for hydroxylation is 1. The lowest BCUT2D eigenvalue weighted by molar-refractivity contribution is -0.136. The van der Waals surface area contributed by atoms with Crippen molar-refractivity contribution in [3.05, 3.63) is 41.5 Å². The molecule has 1 heterocycles. The van der Waals surface area contributed by atoms with Crippen LogP contribution in [0.2, 0.25) is 0 Å². The Morgan fingerprint density at radius 1 is 1.19 bits per heavy atom. The van der Waals surface area contributed by atoms with E-state index < -0.39 is 0 Å². The summed E-state index contributed by atoms with van der Waals surface area (Å²) in [4.78, 5) is 14.5. The summed E-state index contributed by atoms with van der Waals surface area (Å²) in [7, 11) is 0. The molecule has 1 aliphatic heterocycles. The first-order chi connectivity index (χ1) is 10.2. The summed E-state index contributed by atoms with van der Waals surface area (Å²) in [5, 5.41) is 0. The molecule has 1 atom stereocenters. The molecule has 0 N–H and O–H groups in total. The van der Waals surface area contributed by atoms with Crippen LogP contribution in [0.3, 0.4) is 0 Å². The van der Waals surface area contributed by atoms with Crippen LogP contribution >= 0.6 is 0 Å². The van der Waals surface area contributed by atoms with Gasteiger partial charge in [0, 0.05) is 18.5 Å². The Kier molecular flexibility index (Phi) is 4.42. The Bertz CT molecular complexity index is 513. The van der Waals surface area contributed by atoms with Crippen LogP contribution in [0.4, 0.5) is 0 Å². The van der Waals surface area contributed by atoms with Gasteiger partial charge in [-0.3, -0.25) is 4.79 Å². The maximum atomic E-state index is 12.3. The molecular formula is C19H25NO. The lowest BCUT2D eigenvalue weighted by Gasteiger charge is -2.35. The largest absolute Gasteiger partial charge is 0.339 e. The van der Waals surface area contributed by atoms with Crippen molar-refractivity contribution in [2.24, 2.45) is 5.92 Å². The summed E-state index contributed by atoms with van der Waals surface area (Å²) in [6.07, 6.45) is 11.3. The molecule has 0 aromatic heterocycles. The van der Waals surface area contributed by atoms with E-state index in [4.69, 9.17) is 0 Å². The molecule has 3 rings (SSSR count). The van der Waals surface area contributed by atoms with E-state index in [9.17, 15) is 4.79 Å². The zero-order chi connectivity index (χ0) is 14.7. The second-order valence-corrected chi connectivity index (χ2v) is 6.50. The summed E-state index contributed by atoms with van der Waals surface area (Å²) >= 11 is 0. The average Bonchev–Trinajstić information content (AvgIpc) is 3.34.